The fourth-order valence-corrected chi connectivity index (χ4v) is 1.98. The Labute approximate surface area is 118 Å². The van der Waals surface area contributed by atoms with Gasteiger partial charge in [-0.1, -0.05) is 17.7 Å². The van der Waals surface area contributed by atoms with Gasteiger partial charge in [-0.05, 0) is 42.3 Å². The lowest BCUT2D eigenvalue weighted by Gasteiger charge is -2.15. The van der Waals surface area contributed by atoms with Crippen molar-refractivity contribution < 1.29 is 18.3 Å². The lowest BCUT2D eigenvalue weighted by atomic mass is 9.98. The number of hydrogen-bond donors (Lipinski definition) is 1. The minimum absolute atomic E-state index is 0.331. The predicted molar refractivity (Wildman–Crippen MR) is 69.5 cm³/mol. The molecule has 1 unspecified atom stereocenters. The predicted octanol–water partition coefficient (Wildman–Crippen LogP) is 4.14. The maximum atomic E-state index is 12.6. The summed E-state index contributed by atoms with van der Waals surface area (Å²) in [5.74, 6) is 0. The molecule has 0 spiro atoms. The van der Waals surface area contributed by atoms with Gasteiger partial charge in [0.05, 0.1) is 16.3 Å². The number of aliphatic hydroxyl groups is 1. The topological polar surface area (TPSA) is 33.1 Å². The van der Waals surface area contributed by atoms with Crippen molar-refractivity contribution in [1.82, 2.24) is 4.98 Å². The Balaban J connectivity index is 2.36. The fourth-order valence-electron chi connectivity index (χ4n) is 1.87. The summed E-state index contributed by atoms with van der Waals surface area (Å²) in [6.45, 7) is 1.52. The van der Waals surface area contributed by atoms with Crippen LogP contribution < -0.4 is 0 Å². The fraction of sp³-hybridized carbons (Fsp3) is 0.214. The van der Waals surface area contributed by atoms with Crippen LogP contribution in [0.1, 0.15) is 28.5 Å². The summed E-state index contributed by atoms with van der Waals surface area (Å²) in [6.07, 6.45) is -4.11. The van der Waals surface area contributed by atoms with E-state index in [-0.39, 0.29) is 0 Å². The van der Waals surface area contributed by atoms with E-state index in [1.165, 1.54) is 25.3 Å². The lowest BCUT2D eigenvalue weighted by Crippen LogP contribution is -2.08. The van der Waals surface area contributed by atoms with E-state index < -0.39 is 17.8 Å². The van der Waals surface area contributed by atoms with Crippen LogP contribution in [-0.2, 0) is 6.18 Å². The molecule has 0 aliphatic carbocycles. The van der Waals surface area contributed by atoms with Crippen LogP contribution in [0.15, 0.2) is 36.5 Å². The first-order valence-electron chi connectivity index (χ1n) is 5.76. The Kier molecular flexibility index (Phi) is 4.01. The Morgan fingerprint density at radius 3 is 2.40 bits per heavy atom. The van der Waals surface area contributed by atoms with Gasteiger partial charge in [0.15, 0.2) is 0 Å². The van der Waals surface area contributed by atoms with Crippen LogP contribution in [0.25, 0.3) is 0 Å². The Bertz CT molecular complexity index is 611. The molecule has 0 saturated heterocycles. The number of nitrogens with zero attached hydrogens (tertiary/aromatic N) is 1. The van der Waals surface area contributed by atoms with Crippen LogP contribution in [0.3, 0.4) is 0 Å². The maximum absolute atomic E-state index is 12.6. The first-order chi connectivity index (χ1) is 9.29. The van der Waals surface area contributed by atoms with Crippen molar-refractivity contribution in [1.29, 1.82) is 0 Å². The summed E-state index contributed by atoms with van der Waals surface area (Å²) >= 11 is 5.70. The molecule has 0 amide bonds. The second-order valence-electron chi connectivity index (χ2n) is 4.37. The lowest BCUT2D eigenvalue weighted by molar-refractivity contribution is -0.137. The highest BCUT2D eigenvalue weighted by molar-refractivity contribution is 6.30. The maximum Gasteiger partial charge on any atom is 0.416 e. The van der Waals surface area contributed by atoms with Crippen LogP contribution in [0.4, 0.5) is 13.2 Å². The molecule has 106 valence electrons. The zero-order chi connectivity index (χ0) is 14.9. The highest BCUT2D eigenvalue weighted by Gasteiger charge is 2.31. The molecular formula is C14H11ClF3NO. The Morgan fingerprint density at radius 1 is 1.20 bits per heavy atom. The van der Waals surface area contributed by atoms with Gasteiger partial charge in [-0.15, -0.1) is 0 Å². The molecule has 2 nitrogen and oxygen atoms in total. The summed E-state index contributed by atoms with van der Waals surface area (Å²) in [6, 6.07) is 6.31. The molecule has 0 aliphatic rings. The molecule has 2 rings (SSSR count). The second-order valence-corrected chi connectivity index (χ2v) is 4.81. The Morgan fingerprint density at radius 2 is 1.90 bits per heavy atom. The molecule has 1 aromatic heterocycles. The average molecular weight is 302 g/mol. The van der Waals surface area contributed by atoms with Crippen molar-refractivity contribution in [2.24, 2.45) is 0 Å². The van der Waals surface area contributed by atoms with Crippen LogP contribution in [-0.4, -0.2) is 10.1 Å². The van der Waals surface area contributed by atoms with Crippen molar-refractivity contribution in [2.75, 3.05) is 0 Å². The largest absolute Gasteiger partial charge is 0.416 e. The zero-order valence-corrected chi connectivity index (χ0v) is 11.2. The number of rotatable bonds is 2. The van der Waals surface area contributed by atoms with Crippen LogP contribution >= 0.6 is 11.6 Å². The first kappa shape index (κ1) is 14.8. The third-order valence-electron chi connectivity index (χ3n) is 2.92. The third kappa shape index (κ3) is 3.11. The van der Waals surface area contributed by atoms with E-state index in [0.717, 1.165) is 12.1 Å². The molecule has 2 aromatic rings. The van der Waals surface area contributed by atoms with Gasteiger partial charge in [0.2, 0.25) is 0 Å². The number of aromatic nitrogens is 1. The molecule has 20 heavy (non-hydrogen) atoms. The molecule has 1 atom stereocenters. The van der Waals surface area contributed by atoms with Gasteiger partial charge in [0.25, 0.3) is 0 Å². The second kappa shape index (κ2) is 5.42. The minimum Gasteiger partial charge on any atom is -0.382 e. The van der Waals surface area contributed by atoms with Crippen LogP contribution in [0, 0.1) is 6.92 Å². The molecule has 0 fully saturated rings. The van der Waals surface area contributed by atoms with Crippen molar-refractivity contribution in [3.05, 3.63) is 63.9 Å². The van der Waals surface area contributed by atoms with Gasteiger partial charge in [-0.25, -0.2) is 0 Å². The molecule has 1 N–H and O–H groups in total. The Hall–Kier alpha value is -1.59. The first-order valence-corrected chi connectivity index (χ1v) is 6.14. The number of alkyl halides is 3. The van der Waals surface area contributed by atoms with E-state index in [9.17, 15) is 18.3 Å². The van der Waals surface area contributed by atoms with Gasteiger partial charge in [0.1, 0.15) is 6.10 Å². The van der Waals surface area contributed by atoms with Gasteiger partial charge >= 0.3 is 6.18 Å². The molecule has 0 bridgehead atoms. The van der Waals surface area contributed by atoms with E-state index in [1.54, 1.807) is 6.07 Å². The van der Waals surface area contributed by atoms with Crippen molar-refractivity contribution in [2.45, 2.75) is 19.2 Å². The van der Waals surface area contributed by atoms with Crippen molar-refractivity contribution >= 4 is 11.6 Å². The number of aliphatic hydroxyl groups excluding tert-OH is 1. The number of hydrogen-bond acceptors (Lipinski definition) is 2. The smallest absolute Gasteiger partial charge is 0.382 e. The van der Waals surface area contributed by atoms with E-state index >= 15 is 0 Å². The summed E-state index contributed by atoms with van der Waals surface area (Å²) in [7, 11) is 0. The zero-order valence-electron chi connectivity index (χ0n) is 10.4. The summed E-state index contributed by atoms with van der Waals surface area (Å²) in [4.78, 5) is 3.96. The standard InChI is InChI=1S/C14H11ClF3NO/c1-8-6-9(14(16,17)18)2-4-11(8)13(20)12-5-3-10(15)7-19-12/h2-7,13,20H,1H3. The van der Waals surface area contributed by atoms with E-state index in [1.807, 2.05) is 0 Å². The number of halogens is 4. The monoisotopic (exact) mass is 301 g/mol. The SMILES string of the molecule is Cc1cc(C(F)(F)F)ccc1C(O)c1ccc(Cl)cn1. The highest BCUT2D eigenvalue weighted by atomic mass is 35.5. The van der Waals surface area contributed by atoms with Crippen molar-refractivity contribution in [3.8, 4) is 0 Å². The third-order valence-corrected chi connectivity index (χ3v) is 3.15. The van der Waals surface area contributed by atoms with Crippen LogP contribution in [0.2, 0.25) is 5.02 Å². The molecule has 0 saturated carbocycles. The van der Waals surface area contributed by atoms with Gasteiger partial charge in [-0.3, -0.25) is 4.98 Å². The molecule has 1 heterocycles. The summed E-state index contributed by atoms with van der Waals surface area (Å²) < 4.78 is 37.7. The normalized spacial score (nSPS) is 13.3. The minimum atomic E-state index is -4.40. The average Bonchev–Trinajstić information content (AvgIpc) is 2.37. The molecular weight excluding hydrogens is 291 g/mol. The van der Waals surface area contributed by atoms with E-state index in [0.29, 0.717) is 21.8 Å². The molecule has 0 radical (unpaired) electrons. The van der Waals surface area contributed by atoms with Gasteiger partial charge in [0, 0.05) is 6.20 Å². The van der Waals surface area contributed by atoms with E-state index in [4.69, 9.17) is 11.6 Å². The van der Waals surface area contributed by atoms with Gasteiger partial charge < -0.3 is 5.11 Å². The number of aryl methyl sites for hydroxylation is 1. The molecule has 1 aromatic carbocycles. The van der Waals surface area contributed by atoms with E-state index in [2.05, 4.69) is 4.98 Å². The molecule has 6 heteroatoms. The summed E-state index contributed by atoms with van der Waals surface area (Å²) in [5, 5.41) is 10.6. The number of pyridine rings is 1. The highest BCUT2D eigenvalue weighted by Crippen LogP contribution is 2.32. The van der Waals surface area contributed by atoms with Gasteiger partial charge in [-0.2, -0.15) is 13.2 Å². The number of benzene rings is 1. The molecule has 0 aliphatic heterocycles. The van der Waals surface area contributed by atoms with Crippen molar-refractivity contribution in [3.63, 3.8) is 0 Å². The van der Waals surface area contributed by atoms with Crippen LogP contribution in [0.5, 0.6) is 0 Å². The summed E-state index contributed by atoms with van der Waals surface area (Å²) in [5.41, 5.74) is 0.323. The quantitative estimate of drug-likeness (QED) is 0.904.